The van der Waals surface area contributed by atoms with Gasteiger partial charge in [0.1, 0.15) is 5.78 Å². The topological polar surface area (TPSA) is 20.3 Å². The summed E-state index contributed by atoms with van der Waals surface area (Å²) in [7, 11) is 2.07. The fourth-order valence-corrected chi connectivity index (χ4v) is 2.95. The molecule has 2 fully saturated rings. The standard InChI is InChI=1S/C11H18NO.U.W/c1-8(13)10(3)6-9(2)7-11(9,4)12(10)5;;/h6H,7H2,1-5H3;;/q-1;;. The van der Waals surface area contributed by atoms with E-state index in [1.54, 1.807) is 6.92 Å². The first-order chi connectivity index (χ1) is 5.76. The molecule has 1 heterocycles. The molecule has 0 spiro atoms. The number of piperidine rings is 1. The minimum atomic E-state index is -0.332. The first-order valence-corrected chi connectivity index (χ1v) is 4.88. The number of hydrogen-bond acceptors (Lipinski definition) is 2. The molecule has 1 saturated carbocycles. The van der Waals surface area contributed by atoms with Gasteiger partial charge in [-0.25, -0.2) is 0 Å². The van der Waals surface area contributed by atoms with Crippen molar-refractivity contribution in [2.75, 3.05) is 7.05 Å². The molecule has 0 aromatic carbocycles. The van der Waals surface area contributed by atoms with E-state index in [4.69, 9.17) is 0 Å². The van der Waals surface area contributed by atoms with E-state index in [1.807, 2.05) is 6.92 Å². The van der Waals surface area contributed by atoms with Gasteiger partial charge in [-0.1, -0.05) is 20.3 Å². The van der Waals surface area contributed by atoms with Gasteiger partial charge in [0.05, 0.1) is 0 Å². The molecular weight excluding hydrogens is 584 g/mol. The van der Waals surface area contributed by atoms with Gasteiger partial charge in [-0.3, -0.25) is 6.42 Å². The van der Waals surface area contributed by atoms with Crippen molar-refractivity contribution in [3.8, 4) is 0 Å². The van der Waals surface area contributed by atoms with Gasteiger partial charge in [-0.2, -0.15) is 0 Å². The van der Waals surface area contributed by atoms with Gasteiger partial charge >= 0.3 is 0 Å². The second-order valence-corrected chi connectivity index (χ2v) is 5.28. The summed E-state index contributed by atoms with van der Waals surface area (Å²) in [6.07, 6.45) is 3.43. The number of likely N-dealkylation sites (N-methyl/N-ethyl adjacent to an activating group) is 1. The summed E-state index contributed by atoms with van der Waals surface area (Å²) < 4.78 is 0. The van der Waals surface area contributed by atoms with Crippen LogP contribution < -0.4 is 0 Å². The molecule has 84 valence electrons. The molecule has 1 saturated heterocycles. The zero-order chi connectivity index (χ0) is 10.1. The Morgan fingerprint density at radius 2 is 1.80 bits per heavy atom. The van der Waals surface area contributed by atoms with Crippen molar-refractivity contribution < 1.29 is 57.0 Å². The average molecular weight is 602 g/mol. The summed E-state index contributed by atoms with van der Waals surface area (Å²) >= 11 is 0. The van der Waals surface area contributed by atoms with E-state index < -0.39 is 0 Å². The number of rotatable bonds is 1. The molecule has 0 aromatic rings. The number of carbonyl (C=O) groups excluding carboxylic acids is 1. The van der Waals surface area contributed by atoms with Gasteiger partial charge in [0, 0.05) is 52.2 Å². The molecule has 1 aliphatic carbocycles. The molecule has 2 aliphatic rings. The van der Waals surface area contributed by atoms with E-state index in [2.05, 4.69) is 32.2 Å². The summed E-state index contributed by atoms with van der Waals surface area (Å²) in [6, 6.07) is 0. The molecule has 0 aromatic heterocycles. The normalized spacial score (nSPS) is 47.5. The fourth-order valence-electron chi connectivity index (χ4n) is 2.95. The van der Waals surface area contributed by atoms with Crippen LogP contribution >= 0.6 is 0 Å². The molecule has 2 rings (SSSR count). The van der Waals surface area contributed by atoms with E-state index in [0.717, 1.165) is 0 Å². The van der Waals surface area contributed by atoms with Gasteiger partial charge < -0.3 is 9.69 Å². The van der Waals surface area contributed by atoms with Crippen LogP contribution in [0.25, 0.3) is 0 Å². The minimum absolute atomic E-state index is 0. The van der Waals surface area contributed by atoms with E-state index in [-0.39, 0.29) is 74.5 Å². The van der Waals surface area contributed by atoms with Crippen LogP contribution in [0, 0.1) is 42.9 Å². The Morgan fingerprint density at radius 3 is 2.00 bits per heavy atom. The monoisotopic (exact) mass is 602 g/mol. The third-order valence-corrected chi connectivity index (χ3v) is 4.57. The maximum absolute atomic E-state index is 11.6. The number of fused-ring (bicyclic) bond motifs is 1. The van der Waals surface area contributed by atoms with Crippen molar-refractivity contribution in [2.45, 2.75) is 45.2 Å². The fraction of sp³-hybridized carbons (Fsp3) is 0.818. The second kappa shape index (κ2) is 4.24. The minimum Gasteiger partial charge on any atom is -0.320 e. The van der Waals surface area contributed by atoms with Crippen LogP contribution in [0.3, 0.4) is 0 Å². The maximum atomic E-state index is 11.6. The Bertz CT molecular complexity index is 298. The zero-order valence-electron chi connectivity index (χ0n) is 10.0. The third-order valence-electron chi connectivity index (χ3n) is 4.57. The van der Waals surface area contributed by atoms with Crippen LogP contribution in [0.2, 0.25) is 0 Å². The first-order valence-electron chi connectivity index (χ1n) is 4.88. The van der Waals surface area contributed by atoms with Crippen molar-refractivity contribution in [1.82, 2.24) is 4.90 Å². The van der Waals surface area contributed by atoms with Gasteiger partial charge in [-0.15, -0.1) is 5.41 Å². The Balaban J connectivity index is 0.000000980. The Hall–Kier alpha value is 1.37. The Morgan fingerprint density at radius 1 is 1.33 bits per heavy atom. The molecule has 2 nitrogen and oxygen atoms in total. The van der Waals surface area contributed by atoms with Gasteiger partial charge in [0.25, 0.3) is 0 Å². The SMILES string of the molecule is CC(=O)C1(C)[CH-]C2(C)CC2(C)N1C.[U].[W]. The number of ketones is 1. The maximum Gasteiger partial charge on any atom is 0.119 e. The summed E-state index contributed by atoms with van der Waals surface area (Å²) in [6.45, 7) is 8.21. The summed E-state index contributed by atoms with van der Waals surface area (Å²) in [5.74, 6) is 0.254. The molecular formula is C11H18NOUW-. The zero-order valence-corrected chi connectivity index (χ0v) is 17.1. The summed E-state index contributed by atoms with van der Waals surface area (Å²) in [5, 5.41) is 0. The molecule has 0 bridgehead atoms. The van der Waals surface area contributed by atoms with Crippen molar-refractivity contribution in [3.63, 3.8) is 0 Å². The van der Waals surface area contributed by atoms with Crippen LogP contribution in [-0.4, -0.2) is 28.8 Å². The van der Waals surface area contributed by atoms with Crippen molar-refractivity contribution in [1.29, 1.82) is 0 Å². The quantitative estimate of drug-likeness (QED) is 0.426. The van der Waals surface area contributed by atoms with E-state index >= 15 is 0 Å². The first kappa shape index (κ1) is 16.4. The van der Waals surface area contributed by atoms with Gasteiger partial charge in [-0.05, 0) is 32.0 Å². The van der Waals surface area contributed by atoms with Gasteiger partial charge in [0.2, 0.25) is 0 Å². The molecule has 3 atom stereocenters. The largest absolute Gasteiger partial charge is 0.320 e. The van der Waals surface area contributed by atoms with Gasteiger partial charge in [0.15, 0.2) is 0 Å². The van der Waals surface area contributed by atoms with Crippen LogP contribution in [0.1, 0.15) is 34.1 Å². The third kappa shape index (κ3) is 1.87. The van der Waals surface area contributed by atoms with Crippen molar-refractivity contribution >= 4 is 5.78 Å². The van der Waals surface area contributed by atoms with Crippen LogP contribution in [0.15, 0.2) is 0 Å². The molecule has 4 heteroatoms. The summed E-state index contributed by atoms with van der Waals surface area (Å²) in [4.78, 5) is 13.8. The van der Waals surface area contributed by atoms with E-state index in [1.165, 1.54) is 6.42 Å². The number of likely N-dealkylation sites (tertiary alicyclic amines) is 1. The van der Waals surface area contributed by atoms with Crippen molar-refractivity contribution in [3.05, 3.63) is 6.42 Å². The van der Waals surface area contributed by atoms with E-state index in [9.17, 15) is 4.79 Å². The van der Waals surface area contributed by atoms with Crippen molar-refractivity contribution in [2.24, 2.45) is 5.41 Å². The second-order valence-electron chi connectivity index (χ2n) is 5.28. The van der Waals surface area contributed by atoms with Crippen LogP contribution in [0.5, 0.6) is 0 Å². The molecule has 0 amide bonds. The smallest absolute Gasteiger partial charge is 0.119 e. The predicted octanol–water partition coefficient (Wildman–Crippen LogP) is 1.65. The molecule has 3 unspecified atom stereocenters. The number of hydrogen-bond donors (Lipinski definition) is 0. The molecule has 1 aliphatic heterocycles. The van der Waals surface area contributed by atoms with Crippen LogP contribution in [-0.2, 0) is 25.9 Å². The number of carbonyl (C=O) groups is 1. The van der Waals surface area contributed by atoms with E-state index in [0.29, 0.717) is 0 Å². The molecule has 0 radical (unpaired) electrons. The Kier molecular flexibility index (Phi) is 4.62. The molecule has 15 heavy (non-hydrogen) atoms. The number of nitrogens with zero attached hydrogens (tertiary/aromatic N) is 1. The average Bonchev–Trinajstić information content (AvgIpc) is 2.47. The van der Waals surface area contributed by atoms with Crippen LogP contribution in [0.4, 0.5) is 0 Å². The summed E-state index contributed by atoms with van der Waals surface area (Å²) in [5.41, 5.74) is 0.164. The predicted molar refractivity (Wildman–Crippen MR) is 52.3 cm³/mol. The Labute approximate surface area is 131 Å². The molecule has 0 N–H and O–H groups in total. The number of Topliss-reactive ketones (excluding diaryl/α,β-unsaturated/α-hetero) is 1.